The molecule has 0 atom stereocenters. The zero-order valence-electron chi connectivity index (χ0n) is 11.3. The molecule has 0 fully saturated rings. The van der Waals surface area contributed by atoms with Gasteiger partial charge in [-0.25, -0.2) is 9.97 Å². The number of hydrogen-bond acceptors (Lipinski definition) is 3. The number of benzene rings is 1. The van der Waals surface area contributed by atoms with Gasteiger partial charge in [0.15, 0.2) is 5.82 Å². The van der Waals surface area contributed by atoms with Crippen molar-refractivity contribution in [3.8, 4) is 11.4 Å². The molecule has 13 heavy (non-hydrogen) atoms. The second-order valence-corrected chi connectivity index (χ2v) is 2.42. The first-order valence-corrected chi connectivity index (χ1v) is 3.73. The van der Waals surface area contributed by atoms with Gasteiger partial charge in [-0.1, -0.05) is 30.2 Å². The van der Waals surface area contributed by atoms with Gasteiger partial charge in [0.05, 0.1) is 6.85 Å². The third-order valence-corrected chi connectivity index (χ3v) is 1.45. The van der Waals surface area contributed by atoms with Crippen LogP contribution >= 0.6 is 11.6 Å². The van der Waals surface area contributed by atoms with Gasteiger partial charge in [-0.2, -0.15) is 4.98 Å². The van der Waals surface area contributed by atoms with E-state index < -0.39 is 18.1 Å². The molecule has 0 aliphatic rings. The van der Waals surface area contributed by atoms with Crippen molar-refractivity contribution in [3.63, 3.8) is 0 Å². The van der Waals surface area contributed by atoms with Gasteiger partial charge >= 0.3 is 0 Å². The Morgan fingerprint density at radius 1 is 1.15 bits per heavy atom. The number of halogens is 1. The average molecular weight is 197 g/mol. The third kappa shape index (κ3) is 1.81. The van der Waals surface area contributed by atoms with Gasteiger partial charge in [0.1, 0.15) is 6.33 Å². The molecule has 0 saturated carbocycles. The summed E-state index contributed by atoms with van der Waals surface area (Å²) < 4.78 is 38.0. The minimum atomic E-state index is -0.464. The zero-order valence-corrected chi connectivity index (χ0v) is 7.05. The van der Waals surface area contributed by atoms with Gasteiger partial charge < -0.3 is 0 Å². The molecule has 64 valence electrons. The highest BCUT2D eigenvalue weighted by molar-refractivity contribution is 6.28. The molecular weight excluding hydrogens is 186 g/mol. The highest BCUT2D eigenvalue weighted by Crippen LogP contribution is 2.13. The molecule has 0 unspecified atom stereocenters. The van der Waals surface area contributed by atoms with Crippen LogP contribution in [0.15, 0.2) is 36.5 Å². The molecule has 0 aliphatic carbocycles. The SMILES string of the molecule is [2H]c1c([2H])c([2H])c(-c2ncnc(Cl)n2)c([2H])c1[2H]. The van der Waals surface area contributed by atoms with Gasteiger partial charge in [-0.05, 0) is 11.6 Å². The van der Waals surface area contributed by atoms with Crippen LogP contribution in [0.4, 0.5) is 0 Å². The summed E-state index contributed by atoms with van der Waals surface area (Å²) in [6.45, 7) is 0. The summed E-state index contributed by atoms with van der Waals surface area (Å²) >= 11 is 5.59. The lowest BCUT2D eigenvalue weighted by molar-refractivity contribution is 1.06. The molecule has 0 bridgehead atoms. The largest absolute Gasteiger partial charge is 0.225 e. The van der Waals surface area contributed by atoms with Crippen LogP contribution in [0.3, 0.4) is 0 Å². The Hall–Kier alpha value is -1.48. The Morgan fingerprint density at radius 3 is 2.62 bits per heavy atom. The first-order chi connectivity index (χ1) is 8.43. The van der Waals surface area contributed by atoms with Crippen molar-refractivity contribution in [1.29, 1.82) is 0 Å². The van der Waals surface area contributed by atoms with Crippen molar-refractivity contribution >= 4 is 11.6 Å². The molecule has 0 radical (unpaired) electrons. The van der Waals surface area contributed by atoms with E-state index in [0.29, 0.717) is 0 Å². The molecule has 0 aliphatic heterocycles. The topological polar surface area (TPSA) is 38.7 Å². The molecule has 0 amide bonds. The summed E-state index contributed by atoms with van der Waals surface area (Å²) in [7, 11) is 0. The normalized spacial score (nSPS) is 15.3. The van der Waals surface area contributed by atoms with Crippen molar-refractivity contribution in [1.82, 2.24) is 15.0 Å². The molecule has 1 heterocycles. The Labute approximate surface area is 87.5 Å². The number of rotatable bonds is 1. The minimum Gasteiger partial charge on any atom is -0.216 e. The highest BCUT2D eigenvalue weighted by atomic mass is 35.5. The summed E-state index contributed by atoms with van der Waals surface area (Å²) in [4.78, 5) is 11.1. The monoisotopic (exact) mass is 196 g/mol. The summed E-state index contributed by atoms with van der Waals surface area (Å²) in [5.74, 6) is -0.0491. The highest BCUT2D eigenvalue weighted by Gasteiger charge is 1.99. The lowest BCUT2D eigenvalue weighted by atomic mass is 10.2. The second kappa shape index (κ2) is 3.49. The number of nitrogens with zero attached hydrogens (tertiary/aromatic N) is 3. The molecule has 1 aromatic carbocycles. The Bertz CT molecular complexity index is 605. The first kappa shape index (κ1) is 4.15. The van der Waals surface area contributed by atoms with E-state index in [0.717, 1.165) is 6.33 Å². The van der Waals surface area contributed by atoms with E-state index >= 15 is 0 Å². The molecule has 0 N–H and O–H groups in total. The first-order valence-electron chi connectivity index (χ1n) is 5.85. The number of hydrogen-bond donors (Lipinski definition) is 0. The molecule has 3 nitrogen and oxygen atoms in total. The van der Waals surface area contributed by atoms with Crippen LogP contribution < -0.4 is 0 Å². The maximum Gasteiger partial charge on any atom is 0.225 e. The van der Waals surface area contributed by atoms with E-state index in [1.807, 2.05) is 0 Å². The predicted molar refractivity (Wildman–Crippen MR) is 50.3 cm³/mol. The Morgan fingerprint density at radius 2 is 1.92 bits per heavy atom. The average Bonchev–Trinajstić information content (AvgIpc) is 2.34. The van der Waals surface area contributed by atoms with E-state index in [9.17, 15) is 0 Å². The maximum absolute atomic E-state index is 7.73. The van der Waals surface area contributed by atoms with Gasteiger partial charge in [-0.15, -0.1) is 0 Å². The molecule has 2 aromatic rings. The van der Waals surface area contributed by atoms with E-state index in [2.05, 4.69) is 15.0 Å². The minimum absolute atomic E-state index is 0.0491. The van der Waals surface area contributed by atoms with Crippen LogP contribution in [0.1, 0.15) is 6.85 Å². The van der Waals surface area contributed by atoms with Gasteiger partial charge in [0.25, 0.3) is 0 Å². The lowest BCUT2D eigenvalue weighted by Gasteiger charge is -1.97. The van der Waals surface area contributed by atoms with Crippen LogP contribution in [0.25, 0.3) is 11.4 Å². The van der Waals surface area contributed by atoms with Crippen LogP contribution in [0.2, 0.25) is 5.28 Å². The molecule has 0 saturated heterocycles. The lowest BCUT2D eigenvalue weighted by Crippen LogP contribution is -1.90. The molecule has 0 spiro atoms. The third-order valence-electron chi connectivity index (χ3n) is 1.27. The van der Waals surface area contributed by atoms with E-state index in [4.69, 9.17) is 18.5 Å². The van der Waals surface area contributed by atoms with Crippen LogP contribution in [-0.2, 0) is 0 Å². The summed E-state index contributed by atoms with van der Waals surface area (Å²) in [6, 6.07) is -2.09. The summed E-state index contributed by atoms with van der Waals surface area (Å²) in [5.41, 5.74) is -0.0923. The standard InChI is InChI=1S/C9H6ClN3/c10-9-12-6-11-8(13-9)7-4-2-1-3-5-7/h1-6H/i1D,2D,3D,4D,5D. The smallest absolute Gasteiger partial charge is 0.216 e. The quantitative estimate of drug-likeness (QED) is 0.702. The molecule has 4 heteroatoms. The summed E-state index contributed by atoms with van der Waals surface area (Å²) in [6.07, 6.45) is 1.12. The molecule has 2 rings (SSSR count). The fourth-order valence-electron chi connectivity index (χ4n) is 0.759. The van der Waals surface area contributed by atoms with Gasteiger partial charge in [0, 0.05) is 5.56 Å². The maximum atomic E-state index is 7.73. The van der Waals surface area contributed by atoms with Crippen molar-refractivity contribution in [2.24, 2.45) is 0 Å². The van der Waals surface area contributed by atoms with Gasteiger partial charge in [-0.3, -0.25) is 0 Å². The fraction of sp³-hybridized carbons (Fsp3) is 0. The van der Waals surface area contributed by atoms with Crippen molar-refractivity contribution in [3.05, 3.63) is 41.8 Å². The van der Waals surface area contributed by atoms with Crippen LogP contribution in [0.5, 0.6) is 0 Å². The molecular formula is C9H6ClN3. The van der Waals surface area contributed by atoms with E-state index in [-0.39, 0.29) is 28.8 Å². The van der Waals surface area contributed by atoms with E-state index in [1.54, 1.807) is 0 Å². The summed E-state index contributed by atoms with van der Waals surface area (Å²) in [5, 5.41) is -0.105. The van der Waals surface area contributed by atoms with E-state index in [1.165, 1.54) is 0 Å². The Kier molecular flexibility index (Phi) is 1.12. The number of aromatic nitrogens is 3. The second-order valence-electron chi connectivity index (χ2n) is 2.08. The fourth-order valence-corrected chi connectivity index (χ4v) is 0.882. The van der Waals surface area contributed by atoms with Crippen LogP contribution in [0, 0.1) is 0 Å². The van der Waals surface area contributed by atoms with Crippen molar-refractivity contribution < 1.29 is 6.85 Å². The van der Waals surface area contributed by atoms with Gasteiger partial charge in [0.2, 0.25) is 5.28 Å². The van der Waals surface area contributed by atoms with Crippen LogP contribution in [-0.4, -0.2) is 15.0 Å². The Balaban J connectivity index is 2.80. The van der Waals surface area contributed by atoms with Crippen molar-refractivity contribution in [2.45, 2.75) is 0 Å². The van der Waals surface area contributed by atoms with Crippen molar-refractivity contribution in [2.75, 3.05) is 0 Å². The zero-order chi connectivity index (χ0) is 13.4. The molecule has 1 aromatic heterocycles. The predicted octanol–water partition coefficient (Wildman–Crippen LogP) is 2.19.